The SMILES string of the molecule is CC1(C)c2ccccc2-c2cc3c(cc21)-c1cc2ccc(N(c4ccccc4)c4cccc5c4oc4c(C6CCCCC6)cccc45)cc2cc1C3(C)C. The van der Waals surface area contributed by atoms with Crippen molar-refractivity contribution < 1.29 is 4.42 Å². The first-order valence-electron chi connectivity index (χ1n) is 20.0. The summed E-state index contributed by atoms with van der Waals surface area (Å²) in [4.78, 5) is 2.39. The van der Waals surface area contributed by atoms with Gasteiger partial charge in [-0.25, -0.2) is 0 Å². The third kappa shape index (κ3) is 4.46. The average Bonchev–Trinajstić information content (AvgIpc) is 3.77. The van der Waals surface area contributed by atoms with Crippen molar-refractivity contribution in [2.24, 2.45) is 0 Å². The molecule has 3 aliphatic rings. The lowest BCUT2D eigenvalue weighted by molar-refractivity contribution is 0.442. The summed E-state index contributed by atoms with van der Waals surface area (Å²) < 4.78 is 7.03. The number of fused-ring (bicyclic) bond motifs is 10. The van der Waals surface area contributed by atoms with Crippen molar-refractivity contribution in [2.45, 2.75) is 76.5 Å². The van der Waals surface area contributed by atoms with Crippen LogP contribution in [0.4, 0.5) is 17.1 Å². The zero-order valence-corrected chi connectivity index (χ0v) is 31.7. The molecule has 1 saturated carbocycles. The summed E-state index contributed by atoms with van der Waals surface area (Å²) in [5.74, 6) is 0.567. The van der Waals surface area contributed by atoms with Crippen LogP contribution in [0.15, 0.2) is 138 Å². The first-order chi connectivity index (χ1) is 26.3. The monoisotopic (exact) mass is 699 g/mol. The highest BCUT2D eigenvalue weighted by Crippen LogP contribution is 2.57. The maximum atomic E-state index is 7.03. The fourth-order valence-electron chi connectivity index (χ4n) is 10.5. The minimum absolute atomic E-state index is 0.0271. The van der Waals surface area contributed by atoms with E-state index in [0.717, 1.165) is 28.2 Å². The van der Waals surface area contributed by atoms with Crippen LogP contribution in [0, 0.1) is 0 Å². The van der Waals surface area contributed by atoms with Gasteiger partial charge in [-0.2, -0.15) is 0 Å². The Kier molecular flexibility index (Phi) is 6.76. The maximum absolute atomic E-state index is 7.03. The number of hydrogen-bond acceptors (Lipinski definition) is 2. The Labute approximate surface area is 318 Å². The Hall–Kier alpha value is -5.60. The topological polar surface area (TPSA) is 16.4 Å². The van der Waals surface area contributed by atoms with Crippen LogP contribution in [0.25, 0.3) is 55.0 Å². The lowest BCUT2D eigenvalue weighted by Gasteiger charge is -2.26. The van der Waals surface area contributed by atoms with E-state index in [0.29, 0.717) is 5.92 Å². The molecule has 1 heterocycles. The van der Waals surface area contributed by atoms with Gasteiger partial charge in [0.25, 0.3) is 0 Å². The van der Waals surface area contributed by atoms with Gasteiger partial charge in [0.1, 0.15) is 5.58 Å². The van der Waals surface area contributed by atoms with Gasteiger partial charge in [0, 0.05) is 33.0 Å². The largest absolute Gasteiger partial charge is 0.454 e. The summed E-state index contributed by atoms with van der Waals surface area (Å²) in [5.41, 5.74) is 17.8. The van der Waals surface area contributed by atoms with E-state index in [2.05, 4.69) is 166 Å². The van der Waals surface area contributed by atoms with Gasteiger partial charge in [-0.15, -0.1) is 0 Å². The van der Waals surface area contributed by atoms with Gasteiger partial charge in [-0.3, -0.25) is 0 Å². The van der Waals surface area contributed by atoms with E-state index in [-0.39, 0.29) is 10.8 Å². The second-order valence-electron chi connectivity index (χ2n) is 17.2. The number of hydrogen-bond donors (Lipinski definition) is 0. The maximum Gasteiger partial charge on any atom is 0.159 e. The molecule has 0 bridgehead atoms. The van der Waals surface area contributed by atoms with Crippen LogP contribution >= 0.6 is 0 Å². The predicted octanol–water partition coefficient (Wildman–Crippen LogP) is 14.9. The van der Waals surface area contributed by atoms with Crippen LogP contribution in [0.5, 0.6) is 0 Å². The quantitative estimate of drug-likeness (QED) is 0.182. The Bertz CT molecular complexity index is 2810. The second kappa shape index (κ2) is 11.5. The van der Waals surface area contributed by atoms with E-state index in [1.54, 1.807) is 0 Å². The molecule has 54 heavy (non-hydrogen) atoms. The molecule has 3 aliphatic carbocycles. The van der Waals surface area contributed by atoms with Gasteiger partial charge >= 0.3 is 0 Å². The molecule has 1 aromatic heterocycles. The number of benzene rings is 7. The van der Waals surface area contributed by atoms with Crippen molar-refractivity contribution >= 4 is 49.8 Å². The highest BCUT2D eigenvalue weighted by molar-refractivity contribution is 6.11. The lowest BCUT2D eigenvalue weighted by Crippen LogP contribution is -2.17. The van der Waals surface area contributed by atoms with E-state index in [4.69, 9.17) is 4.42 Å². The van der Waals surface area contributed by atoms with Crippen molar-refractivity contribution in [1.82, 2.24) is 0 Å². The first kappa shape index (κ1) is 31.9. The van der Waals surface area contributed by atoms with Crippen LogP contribution in [0.3, 0.4) is 0 Å². The average molecular weight is 700 g/mol. The number of para-hydroxylation sites is 3. The summed E-state index contributed by atoms with van der Waals surface area (Å²) in [6, 6.07) is 50.2. The Balaban J connectivity index is 1.07. The zero-order valence-electron chi connectivity index (χ0n) is 31.7. The molecule has 2 heteroatoms. The number of furan rings is 1. The van der Waals surface area contributed by atoms with Crippen LogP contribution in [0.1, 0.15) is 93.5 Å². The van der Waals surface area contributed by atoms with Crippen LogP contribution in [0.2, 0.25) is 0 Å². The molecule has 0 unspecified atom stereocenters. The normalized spacial score (nSPS) is 16.7. The Morgan fingerprint density at radius 1 is 0.481 bits per heavy atom. The summed E-state index contributed by atoms with van der Waals surface area (Å²) in [6.07, 6.45) is 6.44. The van der Waals surface area contributed by atoms with Crippen LogP contribution < -0.4 is 4.90 Å². The molecule has 11 rings (SSSR count). The van der Waals surface area contributed by atoms with Crippen LogP contribution in [-0.2, 0) is 10.8 Å². The number of anilines is 3. The van der Waals surface area contributed by atoms with Gasteiger partial charge < -0.3 is 9.32 Å². The van der Waals surface area contributed by atoms with Crippen molar-refractivity contribution in [3.8, 4) is 22.3 Å². The van der Waals surface area contributed by atoms with Crippen molar-refractivity contribution in [3.63, 3.8) is 0 Å². The lowest BCUT2D eigenvalue weighted by atomic mass is 9.79. The van der Waals surface area contributed by atoms with Gasteiger partial charge in [0.05, 0.1) is 5.69 Å². The highest BCUT2D eigenvalue weighted by Gasteiger charge is 2.41. The summed E-state index contributed by atoms with van der Waals surface area (Å²) in [7, 11) is 0. The molecule has 0 atom stereocenters. The fourth-order valence-corrected chi connectivity index (χ4v) is 10.5. The third-order valence-electron chi connectivity index (χ3n) is 13.4. The first-order valence-corrected chi connectivity index (χ1v) is 20.0. The van der Waals surface area contributed by atoms with Crippen molar-refractivity contribution in [1.29, 1.82) is 0 Å². The molecule has 1 fully saturated rings. The van der Waals surface area contributed by atoms with E-state index < -0.39 is 0 Å². The van der Waals surface area contributed by atoms with E-state index in [1.807, 2.05) is 0 Å². The van der Waals surface area contributed by atoms with E-state index >= 15 is 0 Å². The molecule has 264 valence electrons. The smallest absolute Gasteiger partial charge is 0.159 e. The molecule has 0 spiro atoms. The molecule has 0 saturated heterocycles. The second-order valence-corrected chi connectivity index (χ2v) is 17.2. The van der Waals surface area contributed by atoms with Crippen molar-refractivity contribution in [3.05, 3.63) is 161 Å². The molecule has 2 nitrogen and oxygen atoms in total. The van der Waals surface area contributed by atoms with Gasteiger partial charge in [0.2, 0.25) is 0 Å². The zero-order chi connectivity index (χ0) is 36.3. The van der Waals surface area contributed by atoms with Gasteiger partial charge in [0.15, 0.2) is 5.58 Å². The molecule has 0 N–H and O–H groups in total. The van der Waals surface area contributed by atoms with Gasteiger partial charge in [-0.1, -0.05) is 126 Å². The van der Waals surface area contributed by atoms with Gasteiger partial charge in [-0.05, 0) is 134 Å². The molecular formula is C52H45NO. The molecule has 0 radical (unpaired) electrons. The number of rotatable bonds is 4. The molecule has 7 aromatic carbocycles. The summed E-state index contributed by atoms with van der Waals surface area (Å²) in [5, 5.41) is 4.91. The van der Waals surface area contributed by atoms with E-state index in [9.17, 15) is 0 Å². The van der Waals surface area contributed by atoms with Crippen LogP contribution in [-0.4, -0.2) is 0 Å². The third-order valence-corrected chi connectivity index (χ3v) is 13.4. The van der Waals surface area contributed by atoms with E-state index in [1.165, 1.54) is 104 Å². The Morgan fingerprint density at radius 3 is 1.93 bits per heavy atom. The highest BCUT2D eigenvalue weighted by atomic mass is 16.3. The summed E-state index contributed by atoms with van der Waals surface area (Å²) in [6.45, 7) is 9.58. The number of nitrogens with zero attached hydrogens (tertiary/aromatic N) is 1. The predicted molar refractivity (Wildman–Crippen MR) is 227 cm³/mol. The van der Waals surface area contributed by atoms with Crippen molar-refractivity contribution in [2.75, 3.05) is 4.90 Å². The molecule has 8 aromatic rings. The summed E-state index contributed by atoms with van der Waals surface area (Å²) >= 11 is 0. The molecule has 0 aliphatic heterocycles. The molecule has 0 amide bonds. The fraction of sp³-hybridized carbons (Fsp3) is 0.231. The molecular weight excluding hydrogens is 655 g/mol. The minimum Gasteiger partial charge on any atom is -0.454 e. The minimum atomic E-state index is -0.124. The Morgan fingerprint density at radius 2 is 1.13 bits per heavy atom. The standard InChI is InChI=1S/C52H45NO/c1-51(2)44-23-12-11-19-38(44)42-30-47-43(31-46(42)51)41-28-33-25-26-36(27-34(33)29-45(41)52(47,3)4)53(35-17-9-6-10-18-35)48-24-14-22-40-39-21-13-20-37(49(39)54-50(40)48)32-15-7-5-8-16-32/h6,9-14,17-32H,5,7-8,15-16H2,1-4H3.